The molecule has 16 nitrogen and oxygen atoms in total. The summed E-state index contributed by atoms with van der Waals surface area (Å²) in [4.78, 5) is 61.4. The number of carbonyl (C=O) groups is 5. The van der Waals surface area contributed by atoms with E-state index in [0.29, 0.717) is 84.0 Å². The zero-order valence-corrected chi connectivity index (χ0v) is 29.3. The van der Waals surface area contributed by atoms with Gasteiger partial charge in [0.15, 0.2) is 0 Å². The van der Waals surface area contributed by atoms with Crippen molar-refractivity contribution in [2.45, 2.75) is 52.9 Å². The van der Waals surface area contributed by atoms with Gasteiger partial charge in [-0.2, -0.15) is 0 Å². The van der Waals surface area contributed by atoms with E-state index in [2.05, 4.69) is 21.3 Å². The molecular weight excluding hydrogens is 638 g/mol. The first-order valence-electron chi connectivity index (χ1n) is 15.6. The SMILES string of the molecule is C=C(C)OCCN(CCOC)C(=O)OCCOCCNSNC(=O)OCCCNC(=O)CCCCCN1C(=O)C=CC1=O.CC.CO. The molecule has 1 aliphatic rings. The molecule has 0 saturated heterocycles. The van der Waals surface area contributed by atoms with E-state index in [4.69, 9.17) is 28.8 Å². The number of allylic oxidation sites excluding steroid dienone is 1. The summed E-state index contributed by atoms with van der Waals surface area (Å²) in [5.41, 5.74) is 0. The molecular formula is C30H55N5O11S. The summed E-state index contributed by atoms with van der Waals surface area (Å²) in [6, 6.07) is 0. The topological polar surface area (TPSA) is 194 Å². The number of nitrogens with one attached hydrogen (secondary N) is 3. The van der Waals surface area contributed by atoms with Crippen LogP contribution in [0.15, 0.2) is 24.5 Å². The lowest BCUT2D eigenvalue weighted by Crippen LogP contribution is -2.37. The van der Waals surface area contributed by atoms with Gasteiger partial charge in [0.1, 0.15) is 13.2 Å². The number of unbranched alkanes of at least 4 members (excludes halogenated alkanes) is 2. The molecule has 0 aromatic carbocycles. The molecule has 0 bridgehead atoms. The van der Waals surface area contributed by atoms with Crippen LogP contribution < -0.4 is 14.8 Å². The molecule has 17 heteroatoms. The third-order valence-electron chi connectivity index (χ3n) is 5.60. The Morgan fingerprint density at radius 2 is 1.55 bits per heavy atom. The van der Waals surface area contributed by atoms with Crippen molar-refractivity contribution in [3.63, 3.8) is 0 Å². The van der Waals surface area contributed by atoms with Crippen molar-refractivity contribution in [3.05, 3.63) is 24.5 Å². The Hall–Kier alpha value is -3.38. The molecule has 1 aliphatic heterocycles. The number of hydrogen-bond donors (Lipinski definition) is 4. The number of nitrogens with zero attached hydrogens (tertiary/aromatic N) is 2. The number of amides is 5. The number of methoxy groups -OCH3 is 1. The molecule has 1 heterocycles. The van der Waals surface area contributed by atoms with Gasteiger partial charge in [-0.1, -0.05) is 26.8 Å². The number of carbonyl (C=O) groups excluding carboxylic acids is 5. The predicted octanol–water partition coefficient (Wildman–Crippen LogP) is 2.14. The second-order valence-electron chi connectivity index (χ2n) is 9.17. The van der Waals surface area contributed by atoms with Crippen molar-refractivity contribution in [2.24, 2.45) is 0 Å². The van der Waals surface area contributed by atoms with Gasteiger partial charge in [-0.25, -0.2) is 14.3 Å². The summed E-state index contributed by atoms with van der Waals surface area (Å²) in [6.45, 7) is 12.7. The van der Waals surface area contributed by atoms with Crippen LogP contribution in [0.4, 0.5) is 9.59 Å². The minimum atomic E-state index is -0.617. The van der Waals surface area contributed by atoms with E-state index in [-0.39, 0.29) is 37.5 Å². The molecule has 0 atom stereocenters. The highest BCUT2D eigenvalue weighted by molar-refractivity contribution is 7.96. The van der Waals surface area contributed by atoms with E-state index >= 15 is 0 Å². The predicted molar refractivity (Wildman–Crippen MR) is 178 cm³/mol. The van der Waals surface area contributed by atoms with Gasteiger partial charge in [0.25, 0.3) is 11.8 Å². The second-order valence-corrected chi connectivity index (χ2v) is 9.86. The van der Waals surface area contributed by atoms with Crippen molar-refractivity contribution in [3.8, 4) is 0 Å². The van der Waals surface area contributed by atoms with Gasteiger partial charge < -0.3 is 39.0 Å². The quantitative estimate of drug-likeness (QED) is 0.0471. The lowest BCUT2D eigenvalue weighted by Gasteiger charge is -2.22. The van der Waals surface area contributed by atoms with Crippen LogP contribution in [0.2, 0.25) is 0 Å². The average molecular weight is 694 g/mol. The maximum atomic E-state index is 12.2. The maximum absolute atomic E-state index is 12.2. The average Bonchev–Trinajstić information content (AvgIpc) is 3.39. The number of hydrogen-bond acceptors (Lipinski definition) is 13. The first kappa shape index (κ1) is 45.7. The standard InChI is InChI=1S/C27H45N5O10S.C2H6.CH4O/c1-22(2)40-19-15-31(14-18-38-3)27(37)42-21-20-39-17-12-29-43-30-26(36)41-16-7-11-28-23(33)8-5-4-6-13-32-24(34)9-10-25(32)35;2*1-2/h9-10,29H,1,4-8,11-21H2,2-3H3,(H,28,33)(H,30,36);1-2H3;2H,1H3. The van der Waals surface area contributed by atoms with E-state index in [0.717, 1.165) is 25.7 Å². The van der Waals surface area contributed by atoms with Crippen LogP contribution in [0.25, 0.3) is 0 Å². The van der Waals surface area contributed by atoms with Crippen molar-refractivity contribution in [1.82, 2.24) is 24.6 Å². The van der Waals surface area contributed by atoms with E-state index in [9.17, 15) is 24.0 Å². The molecule has 0 spiro atoms. The summed E-state index contributed by atoms with van der Waals surface area (Å²) in [7, 11) is 2.55. The molecule has 0 aromatic rings. The van der Waals surface area contributed by atoms with Gasteiger partial charge in [-0.05, 0) is 26.2 Å². The lowest BCUT2D eigenvalue weighted by molar-refractivity contribution is -0.137. The van der Waals surface area contributed by atoms with Crippen LogP contribution >= 0.6 is 12.1 Å². The van der Waals surface area contributed by atoms with E-state index < -0.39 is 12.2 Å². The highest BCUT2D eigenvalue weighted by Crippen LogP contribution is 2.07. The van der Waals surface area contributed by atoms with Crippen molar-refractivity contribution < 1.29 is 52.8 Å². The van der Waals surface area contributed by atoms with Crippen LogP contribution in [0, 0.1) is 0 Å². The Bertz CT molecular complexity index is 907. The molecule has 5 amide bonds. The molecule has 0 aliphatic carbocycles. The number of imide groups is 1. The van der Waals surface area contributed by atoms with Gasteiger partial charge in [-0.3, -0.25) is 24.0 Å². The van der Waals surface area contributed by atoms with Crippen LogP contribution in [0.3, 0.4) is 0 Å². The lowest BCUT2D eigenvalue weighted by atomic mass is 10.2. The monoisotopic (exact) mass is 693 g/mol. The molecule has 0 saturated carbocycles. The Labute approximate surface area is 283 Å². The Kier molecular flexibility index (Phi) is 31.7. The summed E-state index contributed by atoms with van der Waals surface area (Å²) >= 11 is 0.951. The summed E-state index contributed by atoms with van der Waals surface area (Å²) in [5, 5.41) is 9.76. The van der Waals surface area contributed by atoms with Crippen molar-refractivity contribution in [1.29, 1.82) is 0 Å². The number of rotatable bonds is 25. The fourth-order valence-electron chi connectivity index (χ4n) is 3.42. The van der Waals surface area contributed by atoms with Crippen molar-refractivity contribution in [2.75, 3.05) is 86.6 Å². The minimum absolute atomic E-state index is 0.0884. The number of ether oxygens (including phenoxy) is 5. The number of aliphatic hydroxyl groups excluding tert-OH is 1. The van der Waals surface area contributed by atoms with Gasteiger partial charge in [-0.15, -0.1) is 0 Å². The van der Waals surface area contributed by atoms with Crippen LogP contribution in [0.5, 0.6) is 0 Å². The maximum Gasteiger partial charge on any atom is 0.418 e. The van der Waals surface area contributed by atoms with E-state index in [1.807, 2.05) is 13.8 Å². The van der Waals surface area contributed by atoms with Crippen LogP contribution in [0.1, 0.15) is 52.9 Å². The van der Waals surface area contributed by atoms with E-state index in [1.165, 1.54) is 22.0 Å². The second kappa shape index (κ2) is 32.6. The molecule has 272 valence electrons. The van der Waals surface area contributed by atoms with Gasteiger partial charge in [0, 0.05) is 71.1 Å². The summed E-state index contributed by atoms with van der Waals surface area (Å²) < 4.78 is 31.3. The normalized spacial score (nSPS) is 11.5. The highest BCUT2D eigenvalue weighted by Gasteiger charge is 2.22. The highest BCUT2D eigenvalue weighted by atomic mass is 32.2. The summed E-state index contributed by atoms with van der Waals surface area (Å²) in [5.74, 6) is -0.125. The zero-order chi connectivity index (χ0) is 35.7. The van der Waals surface area contributed by atoms with E-state index in [1.54, 1.807) is 14.0 Å². The fraction of sp³-hybridized carbons (Fsp3) is 0.700. The molecule has 0 unspecified atom stereocenters. The molecule has 0 radical (unpaired) electrons. The molecule has 4 N–H and O–H groups in total. The first-order valence-corrected chi connectivity index (χ1v) is 16.4. The Balaban J connectivity index is 0. The van der Waals surface area contributed by atoms with Crippen LogP contribution in [-0.2, 0) is 38.1 Å². The van der Waals surface area contributed by atoms with Crippen LogP contribution in [-0.4, -0.2) is 131 Å². The smallest absolute Gasteiger partial charge is 0.418 e. The van der Waals surface area contributed by atoms with Gasteiger partial charge >= 0.3 is 12.2 Å². The third kappa shape index (κ3) is 26.4. The molecule has 1 rings (SSSR count). The first-order chi connectivity index (χ1) is 22.7. The summed E-state index contributed by atoms with van der Waals surface area (Å²) in [6.07, 6.45) is 4.25. The van der Waals surface area contributed by atoms with Gasteiger partial charge in [0.2, 0.25) is 5.91 Å². The Morgan fingerprint density at radius 1 is 0.872 bits per heavy atom. The Morgan fingerprint density at radius 3 is 2.21 bits per heavy atom. The van der Waals surface area contributed by atoms with Crippen molar-refractivity contribution >= 4 is 42.0 Å². The fourth-order valence-corrected chi connectivity index (χ4v) is 3.82. The van der Waals surface area contributed by atoms with Gasteiger partial charge in [0.05, 0.1) is 38.7 Å². The minimum Gasteiger partial charge on any atom is -0.497 e. The zero-order valence-electron chi connectivity index (χ0n) is 28.5. The molecule has 0 fully saturated rings. The molecule has 47 heavy (non-hydrogen) atoms. The number of aliphatic hydroxyl groups is 1. The third-order valence-corrected chi connectivity index (χ3v) is 6.22. The molecule has 0 aromatic heterocycles. The largest absolute Gasteiger partial charge is 0.497 e.